The van der Waals surface area contributed by atoms with Gasteiger partial charge in [0.2, 0.25) is 0 Å². The van der Waals surface area contributed by atoms with Crippen LogP contribution in [-0.2, 0) is 48.5 Å². The third-order valence-electron chi connectivity index (χ3n) is 11.1. The minimum Gasteiger partial charge on any atom is -0.392 e. The molecule has 6 aromatic carbocycles. The Balaban J connectivity index is 0.000000186. The number of aliphatic hydroxyl groups excluding tert-OH is 2. The summed E-state index contributed by atoms with van der Waals surface area (Å²) < 4.78 is 26.9. The lowest BCUT2D eigenvalue weighted by Crippen LogP contribution is -2.23. The molecule has 0 saturated carbocycles. The van der Waals surface area contributed by atoms with E-state index >= 15 is 0 Å². The van der Waals surface area contributed by atoms with Crippen molar-refractivity contribution in [3.05, 3.63) is 208 Å². The molecule has 0 radical (unpaired) electrons. The third-order valence-corrected chi connectivity index (χ3v) is 12.3. The van der Waals surface area contributed by atoms with Gasteiger partial charge < -0.3 is 10.2 Å². The Hall–Kier alpha value is -5.06. The Bertz CT molecular complexity index is 2600. The molecule has 0 spiro atoms. The molecule has 12 heteroatoms. The molecule has 2 unspecified atom stereocenters. The molecule has 0 saturated heterocycles. The number of fused-ring (bicyclic) bond motifs is 2. The van der Waals surface area contributed by atoms with E-state index in [1.54, 1.807) is 24.3 Å². The number of benzene rings is 6. The molecule has 6 nitrogen and oxygen atoms in total. The van der Waals surface area contributed by atoms with Crippen LogP contribution in [0.25, 0.3) is 0 Å². The van der Waals surface area contributed by atoms with Crippen LogP contribution in [-0.4, -0.2) is 45.3 Å². The first-order valence-corrected chi connectivity index (χ1v) is 21.3. The summed E-state index contributed by atoms with van der Waals surface area (Å²) >= 11 is 25.0. The molecule has 8 rings (SSSR count). The number of hydrogen-bond donors (Lipinski definition) is 2. The maximum absolute atomic E-state index is 13.5. The number of ketones is 2. The lowest BCUT2D eigenvalue weighted by molar-refractivity contribution is -0.120. The molecule has 2 N–H and O–H groups in total. The highest BCUT2D eigenvalue weighted by Gasteiger charge is 2.29. The number of aliphatic imine (C=N–C) groups is 2. The third kappa shape index (κ3) is 10.2. The van der Waals surface area contributed by atoms with Crippen LogP contribution in [0, 0.1) is 25.5 Å². The van der Waals surface area contributed by atoms with Gasteiger partial charge >= 0.3 is 0 Å². The van der Waals surface area contributed by atoms with Crippen molar-refractivity contribution in [3.8, 4) is 0 Å². The standard InChI is InChI=1S/2C25H20Cl2FNO2/c2*1-14-8-17(2-3-18(14)13-30)25-21-11-19(26)6-4-15(21)10-24(31)23(29-25)9-16-5-7-20(28)12-22(16)27/h2*2-8,11-12,23,30H,9-10,13H2,1H3. The fraction of sp³-hybridized carbons (Fsp3) is 0.200. The zero-order valence-corrected chi connectivity index (χ0v) is 36.7. The predicted molar refractivity (Wildman–Crippen MR) is 244 cm³/mol. The molecular weight excluding hydrogens is 872 g/mol. The van der Waals surface area contributed by atoms with E-state index in [0.717, 1.165) is 55.6 Å². The number of Topliss-reactive ketones (excluding diaryl/α,β-unsaturated/α-hetero) is 2. The largest absolute Gasteiger partial charge is 0.392 e. The first-order valence-electron chi connectivity index (χ1n) is 19.8. The van der Waals surface area contributed by atoms with E-state index in [4.69, 9.17) is 56.4 Å². The number of hydrogen-bond acceptors (Lipinski definition) is 6. The van der Waals surface area contributed by atoms with E-state index in [0.29, 0.717) is 32.6 Å². The smallest absolute Gasteiger partial charge is 0.162 e. The Labute approximate surface area is 378 Å². The summed E-state index contributed by atoms with van der Waals surface area (Å²) in [5.41, 5.74) is 11.2. The van der Waals surface area contributed by atoms with Gasteiger partial charge in [-0.25, -0.2) is 8.78 Å². The van der Waals surface area contributed by atoms with Crippen molar-refractivity contribution in [3.63, 3.8) is 0 Å². The second kappa shape index (κ2) is 19.5. The summed E-state index contributed by atoms with van der Waals surface area (Å²) in [4.78, 5) is 35.9. The van der Waals surface area contributed by atoms with Gasteiger partial charge in [0.15, 0.2) is 11.6 Å². The van der Waals surface area contributed by atoms with Gasteiger partial charge in [-0.2, -0.15) is 0 Å². The number of halogens is 6. The van der Waals surface area contributed by atoms with Gasteiger partial charge in [0.05, 0.1) is 24.6 Å². The van der Waals surface area contributed by atoms with E-state index in [1.165, 1.54) is 24.3 Å². The molecule has 0 fully saturated rings. The molecule has 0 aromatic heterocycles. The van der Waals surface area contributed by atoms with Gasteiger partial charge in [-0.05, 0) is 119 Å². The molecule has 2 aliphatic heterocycles. The van der Waals surface area contributed by atoms with Crippen LogP contribution in [0.3, 0.4) is 0 Å². The summed E-state index contributed by atoms with van der Waals surface area (Å²) in [7, 11) is 0. The molecule has 2 aliphatic rings. The molecule has 316 valence electrons. The topological polar surface area (TPSA) is 99.3 Å². The molecule has 0 amide bonds. The van der Waals surface area contributed by atoms with E-state index < -0.39 is 23.7 Å². The summed E-state index contributed by atoms with van der Waals surface area (Å²) in [6.07, 6.45) is 0.987. The molecule has 0 aliphatic carbocycles. The van der Waals surface area contributed by atoms with Crippen molar-refractivity contribution in [2.75, 3.05) is 0 Å². The van der Waals surface area contributed by atoms with Crippen LogP contribution >= 0.6 is 46.4 Å². The summed E-state index contributed by atoms with van der Waals surface area (Å²) in [5.74, 6) is -0.927. The Kier molecular flexibility index (Phi) is 14.2. The molecule has 2 atom stereocenters. The van der Waals surface area contributed by atoms with Gasteiger partial charge in [0.25, 0.3) is 0 Å². The fourth-order valence-electron chi connectivity index (χ4n) is 7.66. The van der Waals surface area contributed by atoms with Crippen LogP contribution in [0.1, 0.15) is 66.8 Å². The SMILES string of the molecule is Cc1cc(C2=NC(Cc3ccc(F)cc3Cl)C(=O)Cc3ccc(Cl)cc32)ccc1CO.Cc1cc(C2=NC(Cc3ccc(F)cc3Cl)C(=O)Cc3ccc(Cl)cc32)ccc1CO. The van der Waals surface area contributed by atoms with Gasteiger partial charge in [0.1, 0.15) is 23.7 Å². The molecule has 62 heavy (non-hydrogen) atoms. The maximum Gasteiger partial charge on any atom is 0.162 e. The van der Waals surface area contributed by atoms with Crippen LogP contribution in [0.2, 0.25) is 20.1 Å². The highest BCUT2D eigenvalue weighted by Crippen LogP contribution is 2.30. The van der Waals surface area contributed by atoms with Crippen molar-refractivity contribution in [2.24, 2.45) is 9.98 Å². The van der Waals surface area contributed by atoms with E-state index in [-0.39, 0.29) is 60.5 Å². The minimum atomic E-state index is -0.665. The minimum absolute atomic E-state index is 0.0392. The Morgan fingerprint density at radius 3 is 1.27 bits per heavy atom. The highest BCUT2D eigenvalue weighted by atomic mass is 35.5. The molecular formula is C50H40Cl4F2N2O4. The van der Waals surface area contributed by atoms with Crippen molar-refractivity contribution >= 4 is 69.4 Å². The van der Waals surface area contributed by atoms with Gasteiger partial charge in [-0.15, -0.1) is 0 Å². The van der Waals surface area contributed by atoms with Gasteiger partial charge in [-0.3, -0.25) is 19.6 Å². The molecule has 0 bridgehead atoms. The molecule has 6 aromatic rings. The van der Waals surface area contributed by atoms with Crippen molar-refractivity contribution in [2.45, 2.75) is 64.8 Å². The second-order valence-electron chi connectivity index (χ2n) is 15.4. The van der Waals surface area contributed by atoms with E-state index in [2.05, 4.69) is 0 Å². The molecule has 2 heterocycles. The number of aliphatic hydroxyl groups is 2. The van der Waals surface area contributed by atoms with Crippen LogP contribution in [0.4, 0.5) is 8.78 Å². The summed E-state index contributed by atoms with van der Waals surface area (Å²) in [6.45, 7) is 3.74. The second-order valence-corrected chi connectivity index (χ2v) is 17.0. The Morgan fingerprint density at radius 2 is 0.919 bits per heavy atom. The zero-order valence-electron chi connectivity index (χ0n) is 33.7. The van der Waals surface area contributed by atoms with Gasteiger partial charge in [-0.1, -0.05) is 94.9 Å². The lowest BCUT2D eigenvalue weighted by Gasteiger charge is -2.14. The quantitative estimate of drug-likeness (QED) is 0.159. The monoisotopic (exact) mass is 910 g/mol. The lowest BCUT2D eigenvalue weighted by atomic mass is 9.93. The van der Waals surface area contributed by atoms with Crippen LogP contribution in [0.5, 0.6) is 0 Å². The number of aryl methyl sites for hydroxylation is 2. The number of nitrogens with zero attached hydrogens (tertiary/aromatic N) is 2. The van der Waals surface area contributed by atoms with Crippen LogP contribution < -0.4 is 0 Å². The average Bonchev–Trinajstić information content (AvgIpc) is 3.46. The van der Waals surface area contributed by atoms with Crippen LogP contribution in [0.15, 0.2) is 119 Å². The zero-order chi connectivity index (χ0) is 44.2. The van der Waals surface area contributed by atoms with Crippen molar-refractivity contribution < 1.29 is 28.6 Å². The highest BCUT2D eigenvalue weighted by molar-refractivity contribution is 6.32. The number of carbonyl (C=O) groups is 2. The number of rotatable bonds is 8. The normalized spacial score (nSPS) is 16.0. The van der Waals surface area contributed by atoms with E-state index in [9.17, 15) is 28.6 Å². The summed E-state index contributed by atoms with van der Waals surface area (Å²) in [5, 5.41) is 20.7. The first-order chi connectivity index (χ1) is 29.7. The summed E-state index contributed by atoms with van der Waals surface area (Å²) in [6, 6.07) is 29.3. The predicted octanol–water partition coefficient (Wildman–Crippen LogP) is 11.0. The van der Waals surface area contributed by atoms with Crippen molar-refractivity contribution in [1.29, 1.82) is 0 Å². The Morgan fingerprint density at radius 1 is 0.532 bits per heavy atom. The van der Waals surface area contributed by atoms with Crippen molar-refractivity contribution in [1.82, 2.24) is 0 Å². The van der Waals surface area contributed by atoms with Gasteiger partial charge in [0, 0.05) is 68.0 Å². The number of carbonyl (C=O) groups excluding carboxylic acids is 2. The van der Waals surface area contributed by atoms with E-state index in [1.807, 2.05) is 74.5 Å². The fourth-order valence-corrected chi connectivity index (χ4v) is 8.50. The first kappa shape index (κ1) is 45.0. The maximum atomic E-state index is 13.5. The average molecular weight is 913 g/mol.